The first kappa shape index (κ1) is 38.2. The first-order chi connectivity index (χ1) is 21.1. The summed E-state index contributed by atoms with van der Waals surface area (Å²) < 4.78 is 0. The summed E-state index contributed by atoms with van der Waals surface area (Å²) >= 11 is 6.34. The zero-order valence-electron chi connectivity index (χ0n) is 26.5. The van der Waals surface area contributed by atoms with Crippen LogP contribution in [-0.2, 0) is 19.2 Å². The molecule has 3 rings (SSSR count). The average molecular weight is 653 g/mol. The molecule has 2 aliphatic rings. The predicted molar refractivity (Wildman–Crippen MR) is 172 cm³/mol. The van der Waals surface area contributed by atoms with Crippen molar-refractivity contribution in [2.24, 2.45) is 17.1 Å². The van der Waals surface area contributed by atoms with Gasteiger partial charge in [-0.25, -0.2) is 9.59 Å². The molecule has 0 bridgehead atoms. The van der Waals surface area contributed by atoms with E-state index in [0.717, 1.165) is 25.7 Å². The molecule has 2 amide bonds. The largest absolute Gasteiger partial charge is 0.478 e. The minimum atomic E-state index is -1.26. The molecule has 0 unspecified atom stereocenters. The molecule has 0 spiro atoms. The predicted octanol–water partition coefficient (Wildman–Crippen LogP) is 2.64. The highest BCUT2D eigenvalue weighted by Crippen LogP contribution is 2.35. The van der Waals surface area contributed by atoms with E-state index < -0.39 is 24.1 Å². The Morgan fingerprint density at radius 1 is 1.09 bits per heavy atom. The molecule has 1 aromatic rings. The number of piperazine rings is 1. The third kappa shape index (κ3) is 11.7. The molecule has 2 fully saturated rings. The summed E-state index contributed by atoms with van der Waals surface area (Å²) in [7, 11) is 0. The normalized spacial score (nSPS) is 20.1. The van der Waals surface area contributed by atoms with E-state index >= 15 is 0 Å². The van der Waals surface area contributed by atoms with Crippen LogP contribution in [0.25, 0.3) is 0 Å². The van der Waals surface area contributed by atoms with E-state index in [1.807, 2.05) is 43.9 Å². The summed E-state index contributed by atoms with van der Waals surface area (Å²) in [4.78, 5) is 48.8. The molecule has 7 N–H and O–H groups in total. The number of para-hydroxylation sites is 1. The van der Waals surface area contributed by atoms with Gasteiger partial charge < -0.3 is 36.4 Å². The van der Waals surface area contributed by atoms with Crippen molar-refractivity contribution in [2.45, 2.75) is 83.4 Å². The molecule has 1 saturated heterocycles. The number of carboxylic acid groups (broad SMARTS) is 2. The molecular formula is C32H49ClN4O8. The fourth-order valence-electron chi connectivity index (χ4n) is 5.80. The van der Waals surface area contributed by atoms with Crippen LogP contribution >= 0.6 is 11.6 Å². The van der Waals surface area contributed by atoms with Crippen molar-refractivity contribution < 1.29 is 39.6 Å². The quantitative estimate of drug-likeness (QED) is 0.173. The molecule has 1 aromatic carbocycles. The Bertz CT molecular complexity index is 1170. The Labute approximate surface area is 270 Å². The molecule has 45 heavy (non-hydrogen) atoms. The van der Waals surface area contributed by atoms with Gasteiger partial charge in [-0.15, -0.1) is 0 Å². The fraction of sp³-hybridized carbons (Fsp3) is 0.625. The molecule has 12 nitrogen and oxygen atoms in total. The maximum Gasteiger partial charge on any atom is 0.328 e. The summed E-state index contributed by atoms with van der Waals surface area (Å²) in [5.41, 5.74) is 6.50. The molecule has 3 atom stereocenters. The Morgan fingerprint density at radius 3 is 2.22 bits per heavy atom. The number of benzene rings is 1. The second-order valence-electron chi connectivity index (χ2n) is 12.6. The van der Waals surface area contributed by atoms with Crippen molar-refractivity contribution in [1.82, 2.24) is 10.2 Å². The van der Waals surface area contributed by atoms with Crippen LogP contribution in [0.1, 0.15) is 65.7 Å². The zero-order chi connectivity index (χ0) is 33.8. The Balaban J connectivity index is 0.000000777. The van der Waals surface area contributed by atoms with Gasteiger partial charge in [-0.3, -0.25) is 14.5 Å². The van der Waals surface area contributed by atoms with Gasteiger partial charge in [-0.2, -0.15) is 0 Å². The Hall–Kier alpha value is -3.03. The summed E-state index contributed by atoms with van der Waals surface area (Å²) in [5, 5.41) is 40.1. The van der Waals surface area contributed by atoms with Gasteiger partial charge in [-0.1, -0.05) is 49.9 Å². The van der Waals surface area contributed by atoms with Crippen molar-refractivity contribution in [1.29, 1.82) is 0 Å². The van der Waals surface area contributed by atoms with Crippen LogP contribution in [-0.4, -0.2) is 99.5 Å². The molecule has 1 aliphatic heterocycles. The molecule has 1 aliphatic carbocycles. The number of amides is 2. The van der Waals surface area contributed by atoms with E-state index in [4.69, 9.17) is 27.5 Å². The number of halogens is 1. The first-order valence-electron chi connectivity index (χ1n) is 15.4. The van der Waals surface area contributed by atoms with Crippen LogP contribution in [0.5, 0.6) is 0 Å². The summed E-state index contributed by atoms with van der Waals surface area (Å²) in [5.74, 6) is -3.05. The second-order valence-corrected chi connectivity index (χ2v) is 13.0. The van der Waals surface area contributed by atoms with Crippen molar-refractivity contribution in [3.8, 4) is 0 Å². The molecule has 0 aromatic heterocycles. The lowest BCUT2D eigenvalue weighted by atomic mass is 9.74. The van der Waals surface area contributed by atoms with Crippen LogP contribution < -0.4 is 16.0 Å². The minimum Gasteiger partial charge on any atom is -0.478 e. The van der Waals surface area contributed by atoms with Gasteiger partial charge in [0.25, 0.3) is 0 Å². The van der Waals surface area contributed by atoms with Crippen molar-refractivity contribution in [2.75, 3.05) is 37.7 Å². The van der Waals surface area contributed by atoms with E-state index in [1.54, 1.807) is 11.0 Å². The lowest BCUT2D eigenvalue weighted by Crippen LogP contribution is -2.64. The van der Waals surface area contributed by atoms with Gasteiger partial charge in [0.05, 0.1) is 30.0 Å². The van der Waals surface area contributed by atoms with Gasteiger partial charge in [-0.05, 0) is 51.7 Å². The number of nitrogens with zero attached hydrogens (tertiary/aromatic N) is 2. The van der Waals surface area contributed by atoms with E-state index in [9.17, 15) is 29.4 Å². The number of carbonyl (C=O) groups excluding carboxylic acids is 2. The maximum absolute atomic E-state index is 13.0. The van der Waals surface area contributed by atoms with E-state index in [-0.39, 0.29) is 48.3 Å². The van der Waals surface area contributed by atoms with Crippen LogP contribution in [0, 0.1) is 11.3 Å². The highest BCUT2D eigenvalue weighted by molar-refractivity contribution is 6.33. The van der Waals surface area contributed by atoms with Gasteiger partial charge in [0, 0.05) is 54.7 Å². The molecule has 1 heterocycles. The van der Waals surface area contributed by atoms with Gasteiger partial charge >= 0.3 is 11.9 Å². The summed E-state index contributed by atoms with van der Waals surface area (Å²) in [6.07, 6.45) is 6.24. The molecular weight excluding hydrogens is 604 g/mol. The monoisotopic (exact) mass is 652 g/mol. The van der Waals surface area contributed by atoms with Gasteiger partial charge in [0.15, 0.2) is 0 Å². The molecule has 252 valence electrons. The van der Waals surface area contributed by atoms with Crippen LogP contribution in [0.2, 0.25) is 5.02 Å². The molecule has 13 heteroatoms. The number of carboxylic acids is 2. The second kappa shape index (κ2) is 17.6. The number of hydrogen-bond acceptors (Lipinski definition) is 8. The lowest BCUT2D eigenvalue weighted by molar-refractivity contribution is -0.134. The average Bonchev–Trinajstić information content (AvgIpc) is 3.00. The third-order valence-corrected chi connectivity index (χ3v) is 9.06. The maximum atomic E-state index is 13.0. The van der Waals surface area contributed by atoms with Gasteiger partial charge in [0.1, 0.15) is 0 Å². The summed E-state index contributed by atoms with van der Waals surface area (Å²) in [6.45, 7) is 7.52. The molecule has 0 radical (unpaired) electrons. The van der Waals surface area contributed by atoms with Crippen LogP contribution in [0.3, 0.4) is 0 Å². The topological polar surface area (TPSA) is 194 Å². The van der Waals surface area contributed by atoms with Crippen molar-refractivity contribution in [3.05, 3.63) is 41.4 Å². The van der Waals surface area contributed by atoms with Crippen molar-refractivity contribution in [3.63, 3.8) is 0 Å². The number of carbonyl (C=O) groups is 4. The number of hydrogen-bond donors (Lipinski definition) is 6. The lowest BCUT2D eigenvalue weighted by Gasteiger charge is -2.47. The van der Waals surface area contributed by atoms with E-state index in [0.29, 0.717) is 48.9 Å². The highest BCUT2D eigenvalue weighted by Gasteiger charge is 2.40. The number of aliphatic hydroxyl groups is 2. The number of rotatable bonds is 13. The number of aliphatic hydroxyl groups excluding tert-OH is 2. The van der Waals surface area contributed by atoms with E-state index in [2.05, 4.69) is 5.32 Å². The highest BCUT2D eigenvalue weighted by atomic mass is 35.5. The number of nitrogens with one attached hydrogen (secondary N) is 1. The minimum absolute atomic E-state index is 0.0690. The SMILES string of the molecule is CC[C@H](C[C@H](O)[C@@H](N)CN1CC(=O)N(c2ccccc2Cl)CC1(C)C)C(=O)NCC1(CO)CCCCC1.O=C(O)/C=C/C(=O)O. The molecule has 1 saturated carbocycles. The number of anilines is 1. The van der Waals surface area contributed by atoms with Gasteiger partial charge in [0.2, 0.25) is 11.8 Å². The van der Waals surface area contributed by atoms with Crippen molar-refractivity contribution >= 4 is 41.0 Å². The fourth-order valence-corrected chi connectivity index (χ4v) is 6.03. The Morgan fingerprint density at radius 2 is 1.69 bits per heavy atom. The third-order valence-electron chi connectivity index (χ3n) is 8.74. The van der Waals surface area contributed by atoms with Crippen LogP contribution in [0.15, 0.2) is 36.4 Å². The van der Waals surface area contributed by atoms with Crippen LogP contribution in [0.4, 0.5) is 5.69 Å². The number of nitrogens with two attached hydrogens (primary N) is 1. The standard InChI is InChI=1S/C28H45ClN4O4.C4H4O4/c1-4-20(26(37)31-17-28(19-34)12-8-5-9-13-28)14-24(35)22(30)15-32-16-25(36)33(18-27(32,2)3)23-11-7-6-10-21(23)29;5-3(6)1-2-4(7)8/h6-7,10-11,20,22,24,34-35H,4-5,8-9,12-19,30H2,1-3H3,(H,31,37);1-2H,(H,5,6)(H,7,8)/b;2-1+/t20-,22+,24+;/m1./s1. The van der Waals surface area contributed by atoms with E-state index in [1.165, 1.54) is 6.42 Å². The first-order valence-corrected chi connectivity index (χ1v) is 15.8. The summed E-state index contributed by atoms with van der Waals surface area (Å²) in [6, 6.07) is 6.70. The zero-order valence-corrected chi connectivity index (χ0v) is 27.2. The Kier molecular flexibility index (Phi) is 14.9. The number of aliphatic carboxylic acids is 2. The smallest absolute Gasteiger partial charge is 0.328 e.